The Morgan fingerprint density at radius 2 is 2.15 bits per heavy atom. The molecule has 2 aromatic heterocycles. The van der Waals surface area contributed by atoms with Gasteiger partial charge in [-0.25, -0.2) is 8.42 Å². The summed E-state index contributed by atoms with van der Waals surface area (Å²) in [7, 11) is -1.84. The van der Waals surface area contributed by atoms with Gasteiger partial charge < -0.3 is 15.2 Å². The summed E-state index contributed by atoms with van der Waals surface area (Å²) in [6, 6.07) is 10.8. The molecule has 3 aromatic rings. The number of sulfonamides is 1. The van der Waals surface area contributed by atoms with Crippen LogP contribution in [0.1, 0.15) is 5.89 Å². The molecule has 2 N–H and O–H groups in total. The van der Waals surface area contributed by atoms with E-state index in [0.717, 1.165) is 11.1 Å². The van der Waals surface area contributed by atoms with Crippen molar-refractivity contribution in [2.24, 2.45) is 0 Å². The number of aromatic nitrogens is 2. The minimum Gasteiger partial charge on any atom is -0.353 e. The summed E-state index contributed by atoms with van der Waals surface area (Å²) >= 11 is 6.79. The summed E-state index contributed by atoms with van der Waals surface area (Å²) in [4.78, 5) is 5.23. The molecule has 11 heteroatoms. The van der Waals surface area contributed by atoms with Crippen molar-refractivity contribution in [2.75, 3.05) is 22.9 Å². The van der Waals surface area contributed by atoms with Gasteiger partial charge in [-0.1, -0.05) is 17.3 Å². The Balaban J connectivity index is 1.58. The summed E-state index contributed by atoms with van der Waals surface area (Å²) in [5.41, 5.74) is 1.19. The number of hydrogen-bond acceptors (Lipinski definition) is 7. The molecule has 27 heavy (non-hydrogen) atoms. The molecule has 0 saturated heterocycles. The first-order valence-electron chi connectivity index (χ1n) is 7.78. The Labute approximate surface area is 166 Å². The molecule has 1 aromatic carbocycles. The summed E-state index contributed by atoms with van der Waals surface area (Å²) in [6.07, 6.45) is 1.15. The van der Waals surface area contributed by atoms with E-state index in [1.807, 2.05) is 17.5 Å². The van der Waals surface area contributed by atoms with Gasteiger partial charge in [0.25, 0.3) is 0 Å². The third-order valence-corrected chi connectivity index (χ3v) is 5.89. The number of nitrogens with zero attached hydrogens (tertiary/aromatic N) is 3. The number of benzene rings is 1. The highest BCUT2D eigenvalue weighted by Crippen LogP contribution is 2.22. The lowest BCUT2D eigenvalue weighted by Crippen LogP contribution is -2.28. The van der Waals surface area contributed by atoms with E-state index in [2.05, 4.69) is 20.8 Å². The topological polar surface area (TPSA) is 100 Å². The second-order valence-corrected chi connectivity index (χ2v) is 8.95. The van der Waals surface area contributed by atoms with E-state index in [-0.39, 0.29) is 6.54 Å². The zero-order valence-electron chi connectivity index (χ0n) is 14.5. The molecule has 0 radical (unpaired) electrons. The molecule has 0 aliphatic carbocycles. The van der Waals surface area contributed by atoms with Crippen molar-refractivity contribution in [2.45, 2.75) is 6.54 Å². The smallest absolute Gasteiger partial charge is 0.246 e. The molecule has 8 nitrogen and oxygen atoms in total. The fourth-order valence-corrected chi connectivity index (χ4v) is 3.47. The quantitative estimate of drug-likeness (QED) is 0.584. The van der Waals surface area contributed by atoms with Crippen LogP contribution < -0.4 is 14.9 Å². The average Bonchev–Trinajstić information content (AvgIpc) is 3.30. The number of thiocarbonyl (C=S) groups is 1. The van der Waals surface area contributed by atoms with Crippen LogP contribution in [0.2, 0.25) is 0 Å². The van der Waals surface area contributed by atoms with Crippen LogP contribution in [0, 0.1) is 0 Å². The van der Waals surface area contributed by atoms with Gasteiger partial charge in [0.05, 0.1) is 23.4 Å². The van der Waals surface area contributed by atoms with Crippen molar-refractivity contribution in [3.05, 3.63) is 47.7 Å². The second-order valence-electron chi connectivity index (χ2n) is 5.58. The lowest BCUT2D eigenvalue weighted by Gasteiger charge is -2.18. The average molecular weight is 424 g/mol. The predicted octanol–water partition coefficient (Wildman–Crippen LogP) is 2.68. The van der Waals surface area contributed by atoms with Crippen LogP contribution >= 0.6 is 23.6 Å². The van der Waals surface area contributed by atoms with Crippen molar-refractivity contribution in [3.63, 3.8) is 0 Å². The molecule has 0 aliphatic heterocycles. The molecule has 0 unspecified atom stereocenters. The predicted molar refractivity (Wildman–Crippen MR) is 110 cm³/mol. The van der Waals surface area contributed by atoms with Gasteiger partial charge in [-0.05, 0) is 41.9 Å². The fourth-order valence-electron chi connectivity index (χ4n) is 2.13. The highest BCUT2D eigenvalue weighted by Gasteiger charge is 2.13. The van der Waals surface area contributed by atoms with Gasteiger partial charge in [0.2, 0.25) is 21.7 Å². The SMILES string of the molecule is CN(c1cccc(NC(=S)NCc2nc(-c3cccs3)no2)c1)S(C)(=O)=O. The molecule has 0 amide bonds. The number of anilines is 2. The summed E-state index contributed by atoms with van der Waals surface area (Å²) in [5.74, 6) is 0.949. The van der Waals surface area contributed by atoms with E-state index >= 15 is 0 Å². The number of rotatable bonds is 6. The highest BCUT2D eigenvalue weighted by atomic mass is 32.2. The van der Waals surface area contributed by atoms with Crippen molar-refractivity contribution in [1.29, 1.82) is 0 Å². The monoisotopic (exact) mass is 423 g/mol. The minimum atomic E-state index is -3.33. The van der Waals surface area contributed by atoms with Crippen LogP contribution in [-0.4, -0.2) is 37.0 Å². The third-order valence-electron chi connectivity index (χ3n) is 3.57. The fraction of sp³-hybridized carbons (Fsp3) is 0.188. The second kappa shape index (κ2) is 8.03. The van der Waals surface area contributed by atoms with E-state index in [1.54, 1.807) is 24.3 Å². The van der Waals surface area contributed by atoms with Gasteiger partial charge >= 0.3 is 0 Å². The molecule has 0 bridgehead atoms. The van der Waals surface area contributed by atoms with E-state index in [1.165, 1.54) is 22.7 Å². The zero-order valence-corrected chi connectivity index (χ0v) is 17.0. The molecule has 142 valence electrons. The molecule has 0 fully saturated rings. The molecule has 0 aliphatic rings. The largest absolute Gasteiger partial charge is 0.353 e. The maximum atomic E-state index is 11.7. The van der Waals surface area contributed by atoms with Crippen molar-refractivity contribution < 1.29 is 12.9 Å². The lowest BCUT2D eigenvalue weighted by molar-refractivity contribution is 0.376. The molecule has 0 spiro atoms. The zero-order chi connectivity index (χ0) is 19.4. The summed E-state index contributed by atoms with van der Waals surface area (Å²) in [5, 5.41) is 12.2. The first-order chi connectivity index (χ1) is 12.8. The molecular weight excluding hydrogens is 406 g/mol. The van der Waals surface area contributed by atoms with Crippen LogP contribution in [-0.2, 0) is 16.6 Å². The van der Waals surface area contributed by atoms with Crippen molar-refractivity contribution in [1.82, 2.24) is 15.5 Å². The van der Waals surface area contributed by atoms with Crippen molar-refractivity contribution in [3.8, 4) is 10.7 Å². The molecule has 0 atom stereocenters. The van der Waals surface area contributed by atoms with E-state index in [0.29, 0.717) is 28.2 Å². The van der Waals surface area contributed by atoms with Gasteiger partial charge in [0.1, 0.15) is 0 Å². The molecule has 2 heterocycles. The van der Waals surface area contributed by atoms with Crippen LogP contribution in [0.25, 0.3) is 10.7 Å². The molecule has 0 saturated carbocycles. The van der Waals surface area contributed by atoms with Gasteiger partial charge in [0.15, 0.2) is 5.11 Å². The van der Waals surface area contributed by atoms with E-state index in [4.69, 9.17) is 16.7 Å². The minimum absolute atomic E-state index is 0.271. The van der Waals surface area contributed by atoms with E-state index < -0.39 is 10.0 Å². The lowest BCUT2D eigenvalue weighted by atomic mass is 10.3. The number of hydrogen-bond donors (Lipinski definition) is 2. The molecule has 3 rings (SSSR count). The van der Waals surface area contributed by atoms with Gasteiger partial charge in [-0.15, -0.1) is 11.3 Å². The molecular formula is C16H17N5O3S3. The number of nitrogens with one attached hydrogen (secondary N) is 2. The van der Waals surface area contributed by atoms with Gasteiger partial charge in [0, 0.05) is 12.7 Å². The first kappa shape index (κ1) is 19.3. The Morgan fingerprint density at radius 1 is 1.33 bits per heavy atom. The highest BCUT2D eigenvalue weighted by molar-refractivity contribution is 7.92. The van der Waals surface area contributed by atoms with Crippen LogP contribution in [0.15, 0.2) is 46.3 Å². The normalized spacial score (nSPS) is 11.2. The number of thiophene rings is 1. The standard InChI is InChI=1S/C16H17N5O3S3/c1-21(27(2,22)23)12-6-3-5-11(9-12)18-16(25)17-10-14-19-15(20-24-14)13-7-4-8-26-13/h3-9H,10H2,1-2H3,(H2,17,18,25). The maximum Gasteiger partial charge on any atom is 0.246 e. The Morgan fingerprint density at radius 3 is 2.85 bits per heavy atom. The van der Waals surface area contributed by atoms with Gasteiger partial charge in [-0.2, -0.15) is 4.98 Å². The van der Waals surface area contributed by atoms with Crippen LogP contribution in [0.5, 0.6) is 0 Å². The Kier molecular flexibility index (Phi) is 5.73. The summed E-state index contributed by atoms with van der Waals surface area (Å²) < 4.78 is 29.7. The van der Waals surface area contributed by atoms with Gasteiger partial charge in [-0.3, -0.25) is 4.31 Å². The first-order valence-corrected chi connectivity index (χ1v) is 10.9. The Hall–Kier alpha value is -2.50. The van der Waals surface area contributed by atoms with Crippen LogP contribution in [0.3, 0.4) is 0 Å². The third kappa shape index (κ3) is 5.02. The van der Waals surface area contributed by atoms with E-state index in [9.17, 15) is 8.42 Å². The van der Waals surface area contributed by atoms with Crippen molar-refractivity contribution >= 4 is 50.1 Å². The van der Waals surface area contributed by atoms with Crippen LogP contribution in [0.4, 0.5) is 11.4 Å². The Bertz CT molecular complexity index is 1030. The maximum absolute atomic E-state index is 11.7. The summed E-state index contributed by atoms with van der Waals surface area (Å²) in [6.45, 7) is 0.271.